The molecule has 1 aliphatic carbocycles. The molecule has 0 bridgehead atoms. The molecule has 23 heavy (non-hydrogen) atoms. The zero-order valence-electron chi connectivity index (χ0n) is 17.5. The molecule has 0 amide bonds. The first-order valence-electron chi connectivity index (χ1n) is 10.9. The summed E-state index contributed by atoms with van der Waals surface area (Å²) in [4.78, 5) is 0. The van der Waals surface area contributed by atoms with E-state index in [0.29, 0.717) is 10.8 Å². The van der Waals surface area contributed by atoms with Crippen LogP contribution in [0.15, 0.2) is 0 Å². The van der Waals surface area contributed by atoms with Crippen molar-refractivity contribution < 1.29 is 0 Å². The Hall–Kier alpha value is 0. The van der Waals surface area contributed by atoms with E-state index < -0.39 is 0 Å². The Morgan fingerprint density at radius 3 is 2.13 bits per heavy atom. The minimum atomic E-state index is 0.572. The topological polar surface area (TPSA) is 0 Å². The van der Waals surface area contributed by atoms with Crippen molar-refractivity contribution in [3.63, 3.8) is 0 Å². The van der Waals surface area contributed by atoms with Crippen molar-refractivity contribution in [3.8, 4) is 0 Å². The maximum absolute atomic E-state index is 2.65. The maximum Gasteiger partial charge on any atom is -0.0230 e. The Morgan fingerprint density at radius 1 is 1.04 bits per heavy atom. The fraction of sp³-hybridized carbons (Fsp3) is 1.00. The van der Waals surface area contributed by atoms with E-state index in [4.69, 9.17) is 0 Å². The molecule has 0 saturated heterocycles. The summed E-state index contributed by atoms with van der Waals surface area (Å²) in [5.41, 5.74) is 1.26. The van der Waals surface area contributed by atoms with Crippen molar-refractivity contribution in [1.82, 2.24) is 0 Å². The highest BCUT2D eigenvalue weighted by atomic mass is 14.6. The molecule has 0 N–H and O–H groups in total. The minimum absolute atomic E-state index is 0.572. The second-order valence-corrected chi connectivity index (χ2v) is 9.07. The summed E-state index contributed by atoms with van der Waals surface area (Å²) in [7, 11) is 0. The lowest BCUT2D eigenvalue weighted by atomic mass is 9.60. The van der Waals surface area contributed by atoms with E-state index in [1.165, 1.54) is 70.6 Å². The van der Waals surface area contributed by atoms with Gasteiger partial charge in [0.1, 0.15) is 0 Å². The molecule has 1 aliphatic rings. The summed E-state index contributed by atoms with van der Waals surface area (Å²) in [5.74, 6) is 2.89. The lowest BCUT2D eigenvalue weighted by Gasteiger charge is -2.44. The summed E-state index contributed by atoms with van der Waals surface area (Å²) in [6.45, 7) is 17.2. The molecule has 0 nitrogen and oxygen atoms in total. The van der Waals surface area contributed by atoms with Gasteiger partial charge in [-0.3, -0.25) is 0 Å². The number of hydrogen-bond acceptors (Lipinski definition) is 0. The van der Waals surface area contributed by atoms with Crippen molar-refractivity contribution in [2.45, 2.75) is 119 Å². The van der Waals surface area contributed by atoms with Gasteiger partial charge in [-0.2, -0.15) is 0 Å². The standard InChI is InChI=1S/C23H46/c1-8-13-15-21(22(7,12-5)16-14-9-2)23(17-19(6)10-3)18-20(23)11-4/h19-21H,8-18H2,1-7H3. The van der Waals surface area contributed by atoms with Crippen LogP contribution in [0.3, 0.4) is 0 Å². The first-order chi connectivity index (χ1) is 10.9. The Bertz CT molecular complexity index is 320. The summed E-state index contributed by atoms with van der Waals surface area (Å²) < 4.78 is 0. The molecule has 0 radical (unpaired) electrons. The number of hydrogen-bond donors (Lipinski definition) is 0. The van der Waals surface area contributed by atoms with Crippen LogP contribution in [0, 0.1) is 28.6 Å². The summed E-state index contributed by atoms with van der Waals surface area (Å²) in [5, 5.41) is 0. The SMILES string of the molecule is CCCCC(C(C)(CC)CCCC)C1(CC(C)CC)CC1CC. The highest BCUT2D eigenvalue weighted by Crippen LogP contribution is 2.68. The molecule has 0 aliphatic heterocycles. The van der Waals surface area contributed by atoms with E-state index in [2.05, 4.69) is 48.5 Å². The third kappa shape index (κ3) is 4.99. The first kappa shape index (κ1) is 21.0. The van der Waals surface area contributed by atoms with Gasteiger partial charge in [0.15, 0.2) is 0 Å². The van der Waals surface area contributed by atoms with Gasteiger partial charge in [-0.15, -0.1) is 0 Å². The summed E-state index contributed by atoms with van der Waals surface area (Å²) in [6, 6.07) is 0. The zero-order chi connectivity index (χ0) is 17.5. The molecule has 0 spiro atoms. The zero-order valence-corrected chi connectivity index (χ0v) is 17.5. The van der Waals surface area contributed by atoms with E-state index in [1.54, 1.807) is 0 Å². The minimum Gasteiger partial charge on any atom is -0.0654 e. The average molecular weight is 323 g/mol. The monoisotopic (exact) mass is 322 g/mol. The Morgan fingerprint density at radius 2 is 1.70 bits per heavy atom. The van der Waals surface area contributed by atoms with Gasteiger partial charge in [0.25, 0.3) is 0 Å². The van der Waals surface area contributed by atoms with Crippen LogP contribution in [0.1, 0.15) is 119 Å². The molecule has 0 aromatic heterocycles. The van der Waals surface area contributed by atoms with Crippen LogP contribution in [-0.4, -0.2) is 0 Å². The largest absolute Gasteiger partial charge is 0.0654 e. The van der Waals surface area contributed by atoms with Crippen LogP contribution in [0.5, 0.6) is 0 Å². The average Bonchev–Trinajstić information content (AvgIpc) is 3.26. The van der Waals surface area contributed by atoms with E-state index in [1.807, 2.05) is 0 Å². The molecule has 1 saturated carbocycles. The molecule has 0 aromatic carbocycles. The van der Waals surface area contributed by atoms with Crippen molar-refractivity contribution in [2.75, 3.05) is 0 Å². The van der Waals surface area contributed by atoms with E-state index >= 15 is 0 Å². The third-order valence-corrected chi connectivity index (χ3v) is 7.49. The summed E-state index contributed by atoms with van der Waals surface area (Å²) >= 11 is 0. The Balaban J connectivity index is 3.05. The quantitative estimate of drug-likeness (QED) is 0.320. The predicted octanol–water partition coefficient (Wildman–Crippen LogP) is 8.25. The van der Waals surface area contributed by atoms with Crippen molar-refractivity contribution in [2.24, 2.45) is 28.6 Å². The van der Waals surface area contributed by atoms with Gasteiger partial charge in [0.2, 0.25) is 0 Å². The molecule has 0 heterocycles. The van der Waals surface area contributed by atoms with Crippen LogP contribution in [0.25, 0.3) is 0 Å². The predicted molar refractivity (Wildman–Crippen MR) is 106 cm³/mol. The summed E-state index contributed by atoms with van der Waals surface area (Å²) in [6.07, 6.45) is 15.7. The normalized spacial score (nSPS) is 29.1. The molecule has 5 atom stereocenters. The molecule has 5 unspecified atom stereocenters. The van der Waals surface area contributed by atoms with Crippen LogP contribution >= 0.6 is 0 Å². The van der Waals surface area contributed by atoms with E-state index in [-0.39, 0.29) is 0 Å². The highest BCUT2D eigenvalue weighted by molar-refractivity contribution is 5.09. The van der Waals surface area contributed by atoms with Crippen LogP contribution in [0.4, 0.5) is 0 Å². The van der Waals surface area contributed by atoms with Gasteiger partial charge >= 0.3 is 0 Å². The second kappa shape index (κ2) is 9.47. The van der Waals surface area contributed by atoms with Gasteiger partial charge in [-0.05, 0) is 54.3 Å². The lowest BCUT2D eigenvalue weighted by Crippen LogP contribution is -2.36. The van der Waals surface area contributed by atoms with Crippen LogP contribution < -0.4 is 0 Å². The van der Waals surface area contributed by atoms with E-state index in [0.717, 1.165) is 17.8 Å². The molecule has 1 fully saturated rings. The smallest absolute Gasteiger partial charge is 0.0230 e. The molecular formula is C23H46. The molecule has 138 valence electrons. The first-order valence-corrected chi connectivity index (χ1v) is 10.9. The molecular weight excluding hydrogens is 276 g/mol. The van der Waals surface area contributed by atoms with Crippen molar-refractivity contribution in [1.29, 1.82) is 0 Å². The maximum atomic E-state index is 2.65. The number of unbranched alkanes of at least 4 members (excludes halogenated alkanes) is 2. The van der Waals surface area contributed by atoms with Gasteiger partial charge in [0.05, 0.1) is 0 Å². The fourth-order valence-corrected chi connectivity index (χ4v) is 5.48. The number of rotatable bonds is 13. The molecule has 0 heteroatoms. The van der Waals surface area contributed by atoms with Gasteiger partial charge in [0, 0.05) is 0 Å². The third-order valence-electron chi connectivity index (χ3n) is 7.49. The van der Waals surface area contributed by atoms with E-state index in [9.17, 15) is 0 Å². The van der Waals surface area contributed by atoms with Crippen molar-refractivity contribution in [3.05, 3.63) is 0 Å². The Labute approximate surface area is 148 Å². The van der Waals surface area contributed by atoms with Gasteiger partial charge in [-0.1, -0.05) is 93.4 Å². The van der Waals surface area contributed by atoms with Crippen molar-refractivity contribution >= 4 is 0 Å². The molecule has 1 rings (SSSR count). The lowest BCUT2D eigenvalue weighted by molar-refractivity contribution is 0.0494. The van der Waals surface area contributed by atoms with Crippen LogP contribution in [-0.2, 0) is 0 Å². The Kier molecular flexibility index (Phi) is 8.67. The van der Waals surface area contributed by atoms with Gasteiger partial charge < -0.3 is 0 Å². The molecule has 0 aromatic rings. The highest BCUT2D eigenvalue weighted by Gasteiger charge is 2.60. The van der Waals surface area contributed by atoms with Crippen LogP contribution in [0.2, 0.25) is 0 Å². The fourth-order valence-electron chi connectivity index (χ4n) is 5.48. The second-order valence-electron chi connectivity index (χ2n) is 9.07. The van der Waals surface area contributed by atoms with Gasteiger partial charge in [-0.25, -0.2) is 0 Å².